The molecular formula is C27H26N2O4. The minimum absolute atomic E-state index is 0.00400. The van der Waals surface area contributed by atoms with Crippen molar-refractivity contribution in [2.75, 3.05) is 0 Å². The van der Waals surface area contributed by atoms with E-state index < -0.39 is 23.6 Å². The van der Waals surface area contributed by atoms with Crippen LogP contribution in [0.3, 0.4) is 0 Å². The Bertz CT molecular complexity index is 1120. The van der Waals surface area contributed by atoms with E-state index in [1.165, 1.54) is 0 Å². The Morgan fingerprint density at radius 1 is 1.00 bits per heavy atom. The van der Waals surface area contributed by atoms with Gasteiger partial charge in [0.2, 0.25) is 5.91 Å². The first-order chi connectivity index (χ1) is 16.0. The van der Waals surface area contributed by atoms with Gasteiger partial charge in [0.25, 0.3) is 5.78 Å². The highest BCUT2D eigenvalue weighted by molar-refractivity contribution is 6.40. The number of carboxylic acid groups (broad SMARTS) is 1. The fraction of sp³-hybridized carbons (Fsp3) is 0.259. The third-order valence-corrected chi connectivity index (χ3v) is 6.58. The summed E-state index contributed by atoms with van der Waals surface area (Å²) in [5, 5.41) is 9.23. The maximum absolute atomic E-state index is 12.8. The number of carbonyl (C=O) groups is 3. The number of rotatable bonds is 8. The molecule has 0 spiro atoms. The van der Waals surface area contributed by atoms with E-state index in [4.69, 9.17) is 5.73 Å². The Morgan fingerprint density at radius 2 is 1.76 bits per heavy atom. The molecule has 6 heteroatoms. The van der Waals surface area contributed by atoms with E-state index in [1.807, 2.05) is 48.5 Å². The lowest BCUT2D eigenvalue weighted by atomic mass is 9.71. The van der Waals surface area contributed by atoms with Gasteiger partial charge in [0.05, 0.1) is 0 Å². The largest absolute Gasteiger partial charge is 0.475 e. The Balaban J connectivity index is 1.74. The van der Waals surface area contributed by atoms with Crippen molar-refractivity contribution in [1.29, 1.82) is 0 Å². The smallest absolute Gasteiger partial charge is 0.377 e. The number of amides is 1. The summed E-state index contributed by atoms with van der Waals surface area (Å²) in [7, 11) is 0. The van der Waals surface area contributed by atoms with Crippen LogP contribution in [0.25, 0.3) is 0 Å². The highest BCUT2D eigenvalue weighted by Crippen LogP contribution is 2.42. The van der Waals surface area contributed by atoms with Gasteiger partial charge in [0, 0.05) is 29.8 Å². The lowest BCUT2D eigenvalue weighted by molar-refractivity contribution is -0.131. The predicted molar refractivity (Wildman–Crippen MR) is 124 cm³/mol. The molecule has 1 aliphatic rings. The minimum atomic E-state index is -1.46. The van der Waals surface area contributed by atoms with Crippen molar-refractivity contribution in [3.8, 4) is 0 Å². The number of aliphatic carboxylic acids is 1. The van der Waals surface area contributed by atoms with Crippen LogP contribution in [0.2, 0.25) is 0 Å². The van der Waals surface area contributed by atoms with E-state index >= 15 is 0 Å². The molecule has 2 aromatic carbocycles. The zero-order valence-electron chi connectivity index (χ0n) is 18.2. The zero-order chi connectivity index (χ0) is 23.4. The molecule has 6 nitrogen and oxygen atoms in total. The van der Waals surface area contributed by atoms with Crippen LogP contribution >= 0.6 is 0 Å². The second-order valence-corrected chi connectivity index (χ2v) is 8.52. The third-order valence-electron chi connectivity index (χ3n) is 6.58. The molecule has 1 heterocycles. The number of hydrogen-bond acceptors (Lipinski definition) is 4. The van der Waals surface area contributed by atoms with Crippen LogP contribution < -0.4 is 5.73 Å². The van der Waals surface area contributed by atoms with E-state index in [2.05, 4.69) is 4.98 Å². The van der Waals surface area contributed by atoms with Gasteiger partial charge in [0.15, 0.2) is 0 Å². The summed E-state index contributed by atoms with van der Waals surface area (Å²) in [6, 6.07) is 18.8. The maximum atomic E-state index is 12.8. The molecule has 0 saturated heterocycles. The average molecular weight is 443 g/mol. The second-order valence-electron chi connectivity index (χ2n) is 8.52. The van der Waals surface area contributed by atoms with Crippen molar-refractivity contribution in [3.05, 3.63) is 101 Å². The Hall–Kier alpha value is -3.80. The zero-order valence-corrected chi connectivity index (χ0v) is 18.2. The number of nitrogens with zero attached hydrogens (tertiary/aromatic N) is 1. The maximum Gasteiger partial charge on any atom is 0.377 e. The van der Waals surface area contributed by atoms with Crippen LogP contribution in [0.1, 0.15) is 63.7 Å². The van der Waals surface area contributed by atoms with Gasteiger partial charge in [-0.1, -0.05) is 54.6 Å². The SMILES string of the molecule is NC(=O)C(CC1CCCc2c(C(=O)C(=O)O)cccc21)C(c1ccccc1)c1cccnc1. The van der Waals surface area contributed by atoms with Crippen LogP contribution in [-0.2, 0) is 16.0 Å². The van der Waals surface area contributed by atoms with Gasteiger partial charge in [-0.2, -0.15) is 0 Å². The number of carboxylic acids is 1. The standard InChI is InChI=1S/C27H26N2O4/c28-26(31)23(24(17-7-2-1-3-8-17)19-10-6-14-29-16-19)15-18-9-4-12-21-20(18)11-5-13-22(21)25(30)27(32)33/h1-3,5-8,10-11,13-14,16,18,23-24H,4,9,12,15H2,(H2,28,31)(H,32,33). The van der Waals surface area contributed by atoms with Gasteiger partial charge in [-0.25, -0.2) is 4.79 Å². The highest BCUT2D eigenvalue weighted by atomic mass is 16.4. The summed E-state index contributed by atoms with van der Waals surface area (Å²) in [4.78, 5) is 40.6. The number of benzene rings is 2. The molecule has 3 N–H and O–H groups in total. The molecule has 0 fully saturated rings. The van der Waals surface area contributed by atoms with Gasteiger partial charge in [-0.3, -0.25) is 14.6 Å². The number of hydrogen-bond donors (Lipinski definition) is 2. The Kier molecular flexibility index (Phi) is 6.63. The van der Waals surface area contributed by atoms with E-state index in [0.717, 1.165) is 35.1 Å². The van der Waals surface area contributed by atoms with Crippen molar-refractivity contribution >= 4 is 17.7 Å². The number of aromatic nitrogens is 1. The van der Waals surface area contributed by atoms with Crippen LogP contribution in [-0.4, -0.2) is 27.8 Å². The van der Waals surface area contributed by atoms with E-state index in [9.17, 15) is 19.5 Å². The molecule has 33 heavy (non-hydrogen) atoms. The lowest BCUT2D eigenvalue weighted by Crippen LogP contribution is -2.32. The first-order valence-electron chi connectivity index (χ1n) is 11.1. The summed E-state index contributed by atoms with van der Waals surface area (Å²) < 4.78 is 0. The fourth-order valence-corrected chi connectivity index (χ4v) is 5.12. The summed E-state index contributed by atoms with van der Waals surface area (Å²) in [6.07, 6.45) is 6.27. The molecule has 3 unspecified atom stereocenters. The number of fused-ring (bicyclic) bond motifs is 1. The highest BCUT2D eigenvalue weighted by Gasteiger charge is 2.35. The summed E-state index contributed by atoms with van der Waals surface area (Å²) >= 11 is 0. The van der Waals surface area contributed by atoms with Gasteiger partial charge in [-0.05, 0) is 59.9 Å². The molecule has 1 aliphatic carbocycles. The Morgan fingerprint density at radius 3 is 2.42 bits per heavy atom. The molecule has 3 aromatic rings. The molecule has 1 aromatic heterocycles. The summed E-state index contributed by atoms with van der Waals surface area (Å²) in [5.41, 5.74) is 9.84. The molecule has 0 saturated carbocycles. The normalized spacial score (nSPS) is 16.9. The Labute approximate surface area is 192 Å². The van der Waals surface area contributed by atoms with Crippen molar-refractivity contribution in [2.24, 2.45) is 11.7 Å². The topological polar surface area (TPSA) is 110 Å². The number of nitrogens with two attached hydrogens (primary N) is 1. The third kappa shape index (κ3) is 4.70. The van der Waals surface area contributed by atoms with Gasteiger partial charge >= 0.3 is 5.97 Å². The number of ketones is 1. The molecule has 0 bridgehead atoms. The van der Waals surface area contributed by atoms with Gasteiger partial charge in [-0.15, -0.1) is 0 Å². The van der Waals surface area contributed by atoms with Crippen molar-refractivity contribution in [1.82, 2.24) is 4.98 Å². The quantitative estimate of drug-likeness (QED) is 0.403. The van der Waals surface area contributed by atoms with Crippen LogP contribution in [0.15, 0.2) is 73.1 Å². The molecule has 4 rings (SSSR count). The van der Waals surface area contributed by atoms with Gasteiger partial charge in [0.1, 0.15) is 0 Å². The second kappa shape index (κ2) is 9.77. The van der Waals surface area contributed by atoms with Crippen molar-refractivity contribution < 1.29 is 19.5 Å². The van der Waals surface area contributed by atoms with E-state index in [-0.39, 0.29) is 17.4 Å². The van der Waals surface area contributed by atoms with Gasteiger partial charge < -0.3 is 10.8 Å². The van der Waals surface area contributed by atoms with Crippen LogP contribution in [0.5, 0.6) is 0 Å². The first kappa shape index (κ1) is 22.4. The minimum Gasteiger partial charge on any atom is -0.475 e. The number of primary amides is 1. The fourth-order valence-electron chi connectivity index (χ4n) is 5.12. The molecular weight excluding hydrogens is 416 g/mol. The van der Waals surface area contributed by atoms with E-state index in [0.29, 0.717) is 12.8 Å². The average Bonchev–Trinajstić information content (AvgIpc) is 2.84. The molecule has 0 aliphatic heterocycles. The van der Waals surface area contributed by atoms with Crippen molar-refractivity contribution in [3.63, 3.8) is 0 Å². The molecule has 1 amide bonds. The van der Waals surface area contributed by atoms with Crippen LogP contribution in [0, 0.1) is 5.92 Å². The van der Waals surface area contributed by atoms with E-state index in [1.54, 1.807) is 24.5 Å². The first-order valence-corrected chi connectivity index (χ1v) is 11.1. The number of Topliss-reactive ketones (excluding diaryl/α,β-unsaturated/α-hetero) is 1. The van der Waals surface area contributed by atoms with Crippen LogP contribution in [0.4, 0.5) is 0 Å². The molecule has 3 atom stereocenters. The summed E-state index contributed by atoms with van der Waals surface area (Å²) in [6.45, 7) is 0. The monoisotopic (exact) mass is 442 g/mol. The molecule has 0 radical (unpaired) electrons. The van der Waals surface area contributed by atoms with Crippen molar-refractivity contribution in [2.45, 2.75) is 37.5 Å². The lowest BCUT2D eigenvalue weighted by Gasteiger charge is -2.32. The summed E-state index contributed by atoms with van der Waals surface area (Å²) in [5.74, 6) is -3.50. The number of carbonyl (C=O) groups excluding carboxylic acids is 2. The molecule has 168 valence electrons. The number of pyridine rings is 1. The predicted octanol–water partition coefficient (Wildman–Crippen LogP) is 4.09.